The number of aromatic nitrogens is 4. The van der Waals surface area contributed by atoms with E-state index < -0.39 is 0 Å². The minimum Gasteiger partial charge on any atom is -0.297 e. The normalized spacial score (nSPS) is 16.1. The van der Waals surface area contributed by atoms with Crippen LogP contribution in [-0.2, 0) is 0 Å². The average Bonchev–Trinajstić information content (AvgIpc) is 3.35. The summed E-state index contributed by atoms with van der Waals surface area (Å²) in [6, 6.07) is 27.4. The highest BCUT2D eigenvalue weighted by molar-refractivity contribution is 5.49. The fraction of sp³-hybridized carbons (Fsp3) is 0.276. The van der Waals surface area contributed by atoms with E-state index in [4.69, 9.17) is 0 Å². The Bertz CT molecular complexity index is 1240. The van der Waals surface area contributed by atoms with Crippen molar-refractivity contribution in [2.45, 2.75) is 19.9 Å². The van der Waals surface area contributed by atoms with Gasteiger partial charge in [-0.1, -0.05) is 91.0 Å². The number of hydrogen-bond acceptors (Lipinski definition) is 5. The Morgan fingerprint density at radius 2 is 1.46 bits per heavy atom. The van der Waals surface area contributed by atoms with Crippen molar-refractivity contribution in [3.8, 4) is 5.69 Å². The van der Waals surface area contributed by atoms with Crippen LogP contribution in [0, 0.1) is 13.8 Å². The molecule has 0 bridgehead atoms. The molecule has 1 fully saturated rings. The Kier molecular flexibility index (Phi) is 7.12. The summed E-state index contributed by atoms with van der Waals surface area (Å²) in [4.78, 5) is 5.02. The summed E-state index contributed by atoms with van der Waals surface area (Å²) in [5.41, 5.74) is 5.86. The summed E-state index contributed by atoms with van der Waals surface area (Å²) in [6.07, 6.45) is 4.47. The Hall–Kier alpha value is -3.61. The molecule has 1 aliphatic rings. The van der Waals surface area contributed by atoms with E-state index >= 15 is 0 Å². The second kappa shape index (κ2) is 10.8. The Labute approximate surface area is 207 Å². The van der Waals surface area contributed by atoms with Crippen LogP contribution >= 0.6 is 0 Å². The molecule has 0 spiro atoms. The van der Waals surface area contributed by atoms with Crippen molar-refractivity contribution < 1.29 is 0 Å². The zero-order chi connectivity index (χ0) is 24.0. The smallest absolute Gasteiger partial charge is 0.178 e. The second-order valence-corrected chi connectivity index (χ2v) is 9.15. The Morgan fingerprint density at radius 3 is 2.14 bits per heavy atom. The lowest BCUT2D eigenvalue weighted by Gasteiger charge is -2.38. The first-order chi connectivity index (χ1) is 17.2. The third-order valence-electron chi connectivity index (χ3n) is 6.75. The summed E-state index contributed by atoms with van der Waals surface area (Å²) in [5.74, 6) is 0.867. The molecule has 1 atom stereocenters. The van der Waals surface area contributed by atoms with Gasteiger partial charge in [0.1, 0.15) is 0 Å². The van der Waals surface area contributed by atoms with Gasteiger partial charge in [-0.25, -0.2) is 0 Å². The maximum absolute atomic E-state index is 4.56. The van der Waals surface area contributed by atoms with Crippen molar-refractivity contribution in [3.05, 3.63) is 113 Å². The van der Waals surface area contributed by atoms with Crippen LogP contribution in [0.25, 0.3) is 11.8 Å². The van der Waals surface area contributed by atoms with Gasteiger partial charge in [0.15, 0.2) is 5.82 Å². The molecule has 35 heavy (non-hydrogen) atoms. The molecule has 1 aliphatic heterocycles. The molecule has 6 heteroatoms. The van der Waals surface area contributed by atoms with Gasteiger partial charge in [0.2, 0.25) is 0 Å². The van der Waals surface area contributed by atoms with Crippen LogP contribution in [0.5, 0.6) is 0 Å². The minimum atomic E-state index is -0.00721. The molecule has 0 amide bonds. The standard InChI is InChI=1S/C29H32N6/c1-23-11-9-12-24(2)27(23)35-29(30-31-32-35)28(26-16-7-4-8-17-26)34-21-19-33(20-22-34)18-10-15-25-13-5-3-6-14-25/h3-17,28H,18-22H2,1-2H3/b15-10+. The van der Waals surface area contributed by atoms with E-state index in [2.05, 4.69) is 130 Å². The van der Waals surface area contributed by atoms with Crippen molar-refractivity contribution in [3.63, 3.8) is 0 Å². The topological polar surface area (TPSA) is 50.1 Å². The average molecular weight is 465 g/mol. The summed E-state index contributed by atoms with van der Waals surface area (Å²) >= 11 is 0. The third-order valence-corrected chi connectivity index (χ3v) is 6.75. The van der Waals surface area contributed by atoms with E-state index in [0.29, 0.717) is 0 Å². The summed E-state index contributed by atoms with van der Waals surface area (Å²) < 4.78 is 1.94. The van der Waals surface area contributed by atoms with Crippen LogP contribution in [0.2, 0.25) is 0 Å². The molecular formula is C29H32N6. The van der Waals surface area contributed by atoms with Gasteiger partial charge in [-0.2, -0.15) is 4.68 Å². The van der Waals surface area contributed by atoms with E-state index in [1.54, 1.807) is 0 Å². The Balaban J connectivity index is 1.37. The predicted molar refractivity (Wildman–Crippen MR) is 140 cm³/mol. The zero-order valence-electron chi connectivity index (χ0n) is 20.5. The molecule has 0 saturated carbocycles. The molecule has 3 aromatic carbocycles. The summed E-state index contributed by atoms with van der Waals surface area (Å²) in [7, 11) is 0. The molecule has 0 aliphatic carbocycles. The number of para-hydroxylation sites is 1. The lowest BCUT2D eigenvalue weighted by Crippen LogP contribution is -2.48. The van der Waals surface area contributed by atoms with Gasteiger partial charge in [-0.05, 0) is 46.5 Å². The van der Waals surface area contributed by atoms with Gasteiger partial charge >= 0.3 is 0 Å². The van der Waals surface area contributed by atoms with Crippen molar-refractivity contribution >= 4 is 6.08 Å². The first-order valence-corrected chi connectivity index (χ1v) is 12.3. The van der Waals surface area contributed by atoms with E-state index in [9.17, 15) is 0 Å². The Morgan fingerprint density at radius 1 is 0.800 bits per heavy atom. The first-order valence-electron chi connectivity index (χ1n) is 12.3. The molecular weight excluding hydrogens is 432 g/mol. The maximum Gasteiger partial charge on any atom is 0.178 e. The van der Waals surface area contributed by atoms with E-state index in [0.717, 1.165) is 44.2 Å². The molecule has 0 N–H and O–H groups in total. The molecule has 2 heterocycles. The molecule has 1 aromatic heterocycles. The summed E-state index contributed by atoms with van der Waals surface area (Å²) in [6.45, 7) is 9.12. The van der Waals surface area contributed by atoms with Gasteiger partial charge in [0.25, 0.3) is 0 Å². The van der Waals surface area contributed by atoms with Crippen LogP contribution in [0.1, 0.15) is 34.1 Å². The largest absolute Gasteiger partial charge is 0.297 e. The van der Waals surface area contributed by atoms with Crippen LogP contribution in [0.4, 0.5) is 0 Å². The van der Waals surface area contributed by atoms with E-state index in [1.165, 1.54) is 22.3 Å². The van der Waals surface area contributed by atoms with Gasteiger partial charge in [-0.3, -0.25) is 9.80 Å². The fourth-order valence-corrected chi connectivity index (χ4v) is 4.93. The van der Waals surface area contributed by atoms with Crippen molar-refractivity contribution in [1.29, 1.82) is 0 Å². The van der Waals surface area contributed by atoms with Gasteiger partial charge in [0, 0.05) is 32.7 Å². The minimum absolute atomic E-state index is 0.00721. The number of hydrogen-bond donors (Lipinski definition) is 0. The lowest BCUT2D eigenvalue weighted by atomic mass is 10.0. The molecule has 1 unspecified atom stereocenters. The zero-order valence-corrected chi connectivity index (χ0v) is 20.5. The highest BCUT2D eigenvalue weighted by Crippen LogP contribution is 2.30. The number of nitrogens with zero attached hydrogens (tertiary/aromatic N) is 6. The van der Waals surface area contributed by atoms with Gasteiger partial charge < -0.3 is 0 Å². The monoisotopic (exact) mass is 464 g/mol. The van der Waals surface area contributed by atoms with Gasteiger partial charge in [-0.15, -0.1) is 5.10 Å². The lowest BCUT2D eigenvalue weighted by molar-refractivity contribution is 0.113. The fourth-order valence-electron chi connectivity index (χ4n) is 4.93. The number of tetrazole rings is 1. The number of benzene rings is 3. The van der Waals surface area contributed by atoms with E-state index in [1.807, 2.05) is 4.68 Å². The first kappa shape index (κ1) is 23.1. The SMILES string of the molecule is Cc1cccc(C)c1-n1nnnc1C(c1ccccc1)N1CCN(C/C=C/c2ccccc2)CC1. The molecule has 6 nitrogen and oxygen atoms in total. The van der Waals surface area contributed by atoms with E-state index in [-0.39, 0.29) is 6.04 Å². The molecule has 4 aromatic rings. The van der Waals surface area contributed by atoms with Crippen molar-refractivity contribution in [2.75, 3.05) is 32.7 Å². The third kappa shape index (κ3) is 5.24. The quantitative estimate of drug-likeness (QED) is 0.397. The highest BCUT2D eigenvalue weighted by atomic mass is 15.6. The maximum atomic E-state index is 4.56. The molecule has 5 rings (SSSR count). The molecule has 178 valence electrons. The summed E-state index contributed by atoms with van der Waals surface area (Å²) in [5, 5.41) is 13.1. The predicted octanol–water partition coefficient (Wildman–Crippen LogP) is 4.70. The molecule has 1 saturated heterocycles. The highest BCUT2D eigenvalue weighted by Gasteiger charge is 2.31. The van der Waals surface area contributed by atoms with Crippen LogP contribution in [0.15, 0.2) is 84.9 Å². The van der Waals surface area contributed by atoms with Gasteiger partial charge in [0.05, 0.1) is 11.7 Å². The second-order valence-electron chi connectivity index (χ2n) is 9.15. The number of piperazine rings is 1. The number of rotatable bonds is 7. The van der Waals surface area contributed by atoms with Crippen molar-refractivity contribution in [1.82, 2.24) is 30.0 Å². The van der Waals surface area contributed by atoms with Crippen LogP contribution in [-0.4, -0.2) is 62.7 Å². The van der Waals surface area contributed by atoms with Crippen molar-refractivity contribution in [2.24, 2.45) is 0 Å². The number of aryl methyl sites for hydroxylation is 2. The molecule has 0 radical (unpaired) electrons. The van der Waals surface area contributed by atoms with Crippen LogP contribution < -0.4 is 0 Å². The van der Waals surface area contributed by atoms with Crippen LogP contribution in [0.3, 0.4) is 0 Å².